The number of aliphatic hydroxyl groups is 1. The number of hydrogen-bond acceptors (Lipinski definition) is 6. The Morgan fingerprint density at radius 2 is 1.66 bits per heavy atom. The highest BCUT2D eigenvalue weighted by atomic mass is 16.7. The average Bonchev–Trinajstić information content (AvgIpc) is 3.50. The van der Waals surface area contributed by atoms with E-state index in [9.17, 15) is 14.7 Å². The molecular formula is C31H25NO6. The van der Waals surface area contributed by atoms with Crippen molar-refractivity contribution in [3.63, 3.8) is 0 Å². The minimum absolute atomic E-state index is 0.00789. The van der Waals surface area contributed by atoms with Crippen molar-refractivity contribution in [2.45, 2.75) is 26.0 Å². The first-order valence-corrected chi connectivity index (χ1v) is 12.4. The second kappa shape index (κ2) is 9.27. The van der Waals surface area contributed by atoms with Gasteiger partial charge in [-0.05, 0) is 54.4 Å². The van der Waals surface area contributed by atoms with Crippen molar-refractivity contribution in [1.82, 2.24) is 0 Å². The third-order valence-corrected chi connectivity index (χ3v) is 6.69. The van der Waals surface area contributed by atoms with Crippen molar-refractivity contribution in [2.24, 2.45) is 0 Å². The Morgan fingerprint density at radius 3 is 2.45 bits per heavy atom. The summed E-state index contributed by atoms with van der Waals surface area (Å²) < 4.78 is 16.7. The number of rotatable bonds is 5. The zero-order valence-electron chi connectivity index (χ0n) is 20.9. The molecule has 0 aromatic heterocycles. The first-order chi connectivity index (χ1) is 18.4. The van der Waals surface area contributed by atoms with Crippen molar-refractivity contribution in [1.29, 1.82) is 0 Å². The maximum atomic E-state index is 13.6. The third kappa shape index (κ3) is 3.93. The quantitative estimate of drug-likeness (QED) is 0.203. The SMILES string of the molecule is CC(C)Oc1ccc(C2/C(=C(/O)c3cccc4ccccc34)C(=O)C(=O)N2c2ccc3c(c2)OCO3)cc1. The summed E-state index contributed by atoms with van der Waals surface area (Å²) >= 11 is 0. The molecule has 4 aromatic carbocycles. The Labute approximate surface area is 219 Å². The summed E-state index contributed by atoms with van der Waals surface area (Å²) in [5.41, 5.74) is 1.61. The van der Waals surface area contributed by atoms with E-state index in [1.165, 1.54) is 4.90 Å². The van der Waals surface area contributed by atoms with Gasteiger partial charge in [0, 0.05) is 17.3 Å². The van der Waals surface area contributed by atoms with Crippen LogP contribution in [0.25, 0.3) is 16.5 Å². The van der Waals surface area contributed by atoms with Crippen molar-refractivity contribution in [3.05, 3.63) is 102 Å². The molecule has 6 rings (SSSR count). The van der Waals surface area contributed by atoms with Gasteiger partial charge in [-0.15, -0.1) is 0 Å². The number of aliphatic hydroxyl groups excluding tert-OH is 1. The molecule has 1 fully saturated rings. The van der Waals surface area contributed by atoms with Crippen LogP contribution >= 0.6 is 0 Å². The minimum Gasteiger partial charge on any atom is -0.507 e. The first kappa shape index (κ1) is 23.6. The lowest BCUT2D eigenvalue weighted by Crippen LogP contribution is -2.29. The van der Waals surface area contributed by atoms with Crippen LogP contribution in [-0.2, 0) is 9.59 Å². The monoisotopic (exact) mass is 507 g/mol. The van der Waals surface area contributed by atoms with E-state index in [2.05, 4.69) is 0 Å². The van der Waals surface area contributed by atoms with Crippen LogP contribution in [0.5, 0.6) is 17.2 Å². The van der Waals surface area contributed by atoms with Gasteiger partial charge in [-0.2, -0.15) is 0 Å². The van der Waals surface area contributed by atoms with Gasteiger partial charge >= 0.3 is 0 Å². The van der Waals surface area contributed by atoms with E-state index in [-0.39, 0.29) is 24.2 Å². The fraction of sp³-hybridized carbons (Fsp3) is 0.161. The largest absolute Gasteiger partial charge is 0.507 e. The van der Waals surface area contributed by atoms with E-state index in [0.717, 1.165) is 10.8 Å². The molecule has 1 atom stereocenters. The van der Waals surface area contributed by atoms with Crippen LogP contribution in [0.3, 0.4) is 0 Å². The Balaban J connectivity index is 1.54. The molecule has 4 aromatic rings. The number of fused-ring (bicyclic) bond motifs is 2. The van der Waals surface area contributed by atoms with Crippen LogP contribution in [0.4, 0.5) is 5.69 Å². The van der Waals surface area contributed by atoms with E-state index in [0.29, 0.717) is 34.1 Å². The molecule has 0 spiro atoms. The molecule has 0 aliphatic carbocycles. The number of carbonyl (C=O) groups excluding carboxylic acids is 2. The third-order valence-electron chi connectivity index (χ3n) is 6.69. The van der Waals surface area contributed by atoms with E-state index >= 15 is 0 Å². The normalized spacial score (nSPS) is 18.0. The van der Waals surface area contributed by atoms with Crippen molar-refractivity contribution >= 4 is 33.9 Å². The van der Waals surface area contributed by atoms with Crippen LogP contribution in [-0.4, -0.2) is 29.7 Å². The van der Waals surface area contributed by atoms with Gasteiger partial charge in [0.15, 0.2) is 11.5 Å². The Bertz CT molecular complexity index is 1600. The number of ketones is 1. The molecule has 2 aliphatic rings. The number of carbonyl (C=O) groups is 2. The Hall–Kier alpha value is -4.78. The minimum atomic E-state index is -0.873. The molecule has 190 valence electrons. The lowest BCUT2D eigenvalue weighted by atomic mass is 9.93. The zero-order chi connectivity index (χ0) is 26.4. The van der Waals surface area contributed by atoms with Crippen LogP contribution in [0, 0.1) is 0 Å². The summed E-state index contributed by atoms with van der Waals surface area (Å²) in [6, 6.07) is 24.5. The zero-order valence-corrected chi connectivity index (χ0v) is 20.9. The van der Waals surface area contributed by atoms with E-state index in [4.69, 9.17) is 14.2 Å². The average molecular weight is 508 g/mol. The second-order valence-corrected chi connectivity index (χ2v) is 9.47. The van der Waals surface area contributed by atoms with Gasteiger partial charge in [-0.25, -0.2) is 0 Å². The summed E-state index contributed by atoms with van der Waals surface area (Å²) in [4.78, 5) is 28.5. The van der Waals surface area contributed by atoms with Crippen molar-refractivity contribution in [2.75, 3.05) is 11.7 Å². The lowest BCUT2D eigenvalue weighted by molar-refractivity contribution is -0.132. The highest BCUT2D eigenvalue weighted by molar-refractivity contribution is 6.51. The number of hydrogen-bond donors (Lipinski definition) is 1. The molecule has 1 amide bonds. The van der Waals surface area contributed by atoms with Gasteiger partial charge in [-0.1, -0.05) is 54.6 Å². The van der Waals surface area contributed by atoms with E-state index in [1.807, 2.05) is 62.4 Å². The van der Waals surface area contributed by atoms with E-state index in [1.54, 1.807) is 36.4 Å². The topological polar surface area (TPSA) is 85.3 Å². The second-order valence-electron chi connectivity index (χ2n) is 9.47. The predicted molar refractivity (Wildman–Crippen MR) is 144 cm³/mol. The van der Waals surface area contributed by atoms with Crippen molar-refractivity contribution < 1.29 is 28.9 Å². The molecule has 1 N–H and O–H groups in total. The number of ether oxygens (including phenoxy) is 3. The lowest BCUT2D eigenvalue weighted by Gasteiger charge is -2.26. The van der Waals surface area contributed by atoms with Crippen LogP contribution in [0.1, 0.15) is 31.0 Å². The van der Waals surface area contributed by atoms with Gasteiger partial charge in [0.25, 0.3) is 11.7 Å². The van der Waals surface area contributed by atoms with E-state index < -0.39 is 17.7 Å². The van der Waals surface area contributed by atoms with Crippen molar-refractivity contribution in [3.8, 4) is 17.2 Å². The van der Waals surface area contributed by atoms with Crippen LogP contribution < -0.4 is 19.1 Å². The van der Waals surface area contributed by atoms with Gasteiger partial charge in [0.05, 0.1) is 17.7 Å². The van der Waals surface area contributed by atoms with Gasteiger partial charge in [0.2, 0.25) is 6.79 Å². The Morgan fingerprint density at radius 1 is 0.921 bits per heavy atom. The summed E-state index contributed by atoms with van der Waals surface area (Å²) in [6.45, 7) is 3.96. The number of anilines is 1. The summed E-state index contributed by atoms with van der Waals surface area (Å²) in [6.07, 6.45) is -0.00789. The van der Waals surface area contributed by atoms with Crippen LogP contribution in [0.2, 0.25) is 0 Å². The molecule has 1 saturated heterocycles. The molecular weight excluding hydrogens is 482 g/mol. The molecule has 0 saturated carbocycles. The highest BCUT2D eigenvalue weighted by Gasteiger charge is 2.47. The number of nitrogens with zero attached hydrogens (tertiary/aromatic N) is 1. The first-order valence-electron chi connectivity index (χ1n) is 12.4. The Kier molecular flexibility index (Phi) is 5.76. The number of benzene rings is 4. The molecule has 1 unspecified atom stereocenters. The fourth-order valence-electron chi connectivity index (χ4n) is 5.03. The summed E-state index contributed by atoms with van der Waals surface area (Å²) in [5.74, 6) is -0.0155. The van der Waals surface area contributed by atoms with Crippen LogP contribution in [0.15, 0.2) is 90.5 Å². The summed E-state index contributed by atoms with van der Waals surface area (Å²) in [7, 11) is 0. The maximum absolute atomic E-state index is 13.6. The van der Waals surface area contributed by atoms with Gasteiger partial charge < -0.3 is 19.3 Å². The van der Waals surface area contributed by atoms with Gasteiger partial charge in [-0.3, -0.25) is 14.5 Å². The highest BCUT2D eigenvalue weighted by Crippen LogP contribution is 2.45. The number of Topliss-reactive ketones (excluding diaryl/α,β-unsaturated/α-hetero) is 1. The standard InChI is InChI=1S/C31H25NO6/c1-18(2)38-22-13-10-20(11-14-22)28-27(29(33)24-9-5-7-19-6-3-4-8-23(19)24)30(34)31(35)32(28)21-12-15-25-26(16-21)37-17-36-25/h3-16,18,28,33H,17H2,1-2H3/b29-27-. The maximum Gasteiger partial charge on any atom is 0.300 e. The molecule has 2 heterocycles. The molecule has 7 nitrogen and oxygen atoms in total. The number of amides is 1. The summed E-state index contributed by atoms with van der Waals surface area (Å²) in [5, 5.41) is 13.3. The molecule has 0 bridgehead atoms. The molecule has 38 heavy (non-hydrogen) atoms. The molecule has 7 heteroatoms. The smallest absolute Gasteiger partial charge is 0.300 e. The predicted octanol–water partition coefficient (Wildman–Crippen LogP) is 5.98. The molecule has 2 aliphatic heterocycles. The fourth-order valence-corrected chi connectivity index (χ4v) is 5.03. The van der Waals surface area contributed by atoms with Gasteiger partial charge in [0.1, 0.15) is 11.5 Å². The molecule has 0 radical (unpaired) electrons.